The maximum atomic E-state index is 13.1. The topological polar surface area (TPSA) is 81.5 Å². The van der Waals surface area contributed by atoms with Crippen LogP contribution in [0.5, 0.6) is 11.5 Å². The van der Waals surface area contributed by atoms with Gasteiger partial charge in [0.15, 0.2) is 0 Å². The molecular formula is C24H23ClF3N2O4P. The van der Waals surface area contributed by atoms with Gasteiger partial charge in [-0.05, 0) is 56.5 Å². The van der Waals surface area contributed by atoms with Crippen molar-refractivity contribution in [1.82, 2.24) is 0 Å². The van der Waals surface area contributed by atoms with Crippen LogP contribution in [0.25, 0.3) is 0 Å². The standard InChI is InChI=1S/C24H23ClF3N2O4P/c1-15-5-4-6-16(11-15)12-23(35(2,3)33)29-20-14-18(8-9-21(20)30(31)32)34-22-10-7-17(13-19(22)25)24(26,27)28/h4-11,13-14,23,29H,12H2,1-3H3. The highest BCUT2D eigenvalue weighted by Crippen LogP contribution is 2.46. The van der Waals surface area contributed by atoms with Crippen molar-refractivity contribution < 1.29 is 27.4 Å². The number of halogens is 4. The van der Waals surface area contributed by atoms with E-state index >= 15 is 0 Å². The van der Waals surface area contributed by atoms with Crippen molar-refractivity contribution in [2.75, 3.05) is 18.6 Å². The van der Waals surface area contributed by atoms with Gasteiger partial charge in [-0.3, -0.25) is 10.1 Å². The number of hydrogen-bond donors (Lipinski definition) is 1. The Hall–Kier alpha value is -3.03. The Labute approximate surface area is 205 Å². The molecule has 3 aromatic carbocycles. The largest absolute Gasteiger partial charge is 0.456 e. The molecule has 0 aliphatic heterocycles. The number of benzene rings is 3. The van der Waals surface area contributed by atoms with Crippen LogP contribution < -0.4 is 10.1 Å². The van der Waals surface area contributed by atoms with E-state index in [0.29, 0.717) is 6.42 Å². The number of nitro benzene ring substituents is 1. The van der Waals surface area contributed by atoms with E-state index in [1.165, 1.54) is 18.2 Å². The normalized spacial score (nSPS) is 12.8. The van der Waals surface area contributed by atoms with Gasteiger partial charge in [-0.15, -0.1) is 0 Å². The summed E-state index contributed by atoms with van der Waals surface area (Å²) in [6.07, 6.45) is -4.20. The molecule has 1 unspecified atom stereocenters. The number of alkyl halides is 3. The second-order valence-corrected chi connectivity index (χ2v) is 12.4. The fourth-order valence-electron chi connectivity index (χ4n) is 3.41. The van der Waals surface area contributed by atoms with Gasteiger partial charge >= 0.3 is 6.18 Å². The molecule has 3 aromatic rings. The Kier molecular flexibility index (Phi) is 7.82. The van der Waals surface area contributed by atoms with Crippen molar-refractivity contribution in [3.05, 3.63) is 92.5 Å². The molecule has 3 rings (SSSR count). The monoisotopic (exact) mass is 526 g/mol. The lowest BCUT2D eigenvalue weighted by molar-refractivity contribution is -0.384. The number of aryl methyl sites for hydroxylation is 1. The third-order valence-electron chi connectivity index (χ3n) is 5.24. The van der Waals surface area contributed by atoms with Gasteiger partial charge in [0.2, 0.25) is 0 Å². The maximum Gasteiger partial charge on any atom is 0.416 e. The number of nitro groups is 1. The zero-order valence-electron chi connectivity index (χ0n) is 19.1. The average molecular weight is 527 g/mol. The highest BCUT2D eigenvalue weighted by atomic mass is 35.5. The van der Waals surface area contributed by atoms with Crippen LogP contribution >= 0.6 is 18.7 Å². The van der Waals surface area contributed by atoms with Gasteiger partial charge in [0.05, 0.1) is 21.3 Å². The zero-order chi connectivity index (χ0) is 26.0. The van der Waals surface area contributed by atoms with Crippen molar-refractivity contribution in [1.29, 1.82) is 0 Å². The third kappa shape index (κ3) is 6.99. The molecule has 0 aromatic heterocycles. The Balaban J connectivity index is 1.93. The summed E-state index contributed by atoms with van der Waals surface area (Å²) in [6, 6.07) is 14.1. The SMILES string of the molecule is Cc1cccc(CC(Nc2cc(Oc3ccc(C(F)(F)F)cc3Cl)ccc2[N+](=O)[O-])P(C)(C)=O)c1. The predicted octanol–water partition coefficient (Wildman–Crippen LogP) is 7.97. The second kappa shape index (κ2) is 10.3. The third-order valence-corrected chi connectivity index (χ3v) is 7.34. The predicted molar refractivity (Wildman–Crippen MR) is 131 cm³/mol. The first-order valence-corrected chi connectivity index (χ1v) is 13.5. The lowest BCUT2D eigenvalue weighted by atomic mass is 10.1. The van der Waals surface area contributed by atoms with E-state index in [1.807, 2.05) is 31.2 Å². The molecule has 1 atom stereocenters. The second-order valence-electron chi connectivity index (χ2n) is 8.47. The molecule has 35 heavy (non-hydrogen) atoms. The lowest BCUT2D eigenvalue weighted by Gasteiger charge is -2.24. The van der Waals surface area contributed by atoms with Gasteiger partial charge in [0.1, 0.15) is 24.3 Å². The first-order valence-electron chi connectivity index (χ1n) is 10.4. The molecular weight excluding hydrogens is 504 g/mol. The number of rotatable bonds is 8. The van der Waals surface area contributed by atoms with Gasteiger partial charge in [-0.1, -0.05) is 41.4 Å². The van der Waals surface area contributed by atoms with Crippen LogP contribution in [-0.2, 0) is 17.2 Å². The van der Waals surface area contributed by atoms with Crippen LogP contribution in [-0.4, -0.2) is 24.0 Å². The number of nitrogens with zero attached hydrogens (tertiary/aromatic N) is 1. The summed E-state index contributed by atoms with van der Waals surface area (Å²) in [5, 5.41) is 14.4. The number of hydrogen-bond acceptors (Lipinski definition) is 5. The van der Waals surface area contributed by atoms with Gasteiger partial charge in [0.25, 0.3) is 5.69 Å². The molecule has 0 aliphatic carbocycles. The molecule has 6 nitrogen and oxygen atoms in total. The van der Waals surface area contributed by atoms with Crippen LogP contribution in [0.3, 0.4) is 0 Å². The summed E-state index contributed by atoms with van der Waals surface area (Å²) in [7, 11) is -2.79. The van der Waals surface area contributed by atoms with Crippen LogP contribution in [0, 0.1) is 17.0 Å². The highest BCUT2D eigenvalue weighted by Gasteiger charge is 2.31. The minimum Gasteiger partial charge on any atom is -0.456 e. The molecule has 186 valence electrons. The molecule has 0 amide bonds. The summed E-state index contributed by atoms with van der Waals surface area (Å²) >= 11 is 5.97. The van der Waals surface area contributed by atoms with Gasteiger partial charge in [-0.2, -0.15) is 13.2 Å². The maximum absolute atomic E-state index is 13.1. The van der Waals surface area contributed by atoms with Crippen molar-refractivity contribution >= 4 is 30.1 Å². The lowest BCUT2D eigenvalue weighted by Crippen LogP contribution is -2.22. The van der Waals surface area contributed by atoms with Crippen molar-refractivity contribution in [2.45, 2.75) is 25.3 Å². The Morgan fingerprint density at radius 2 is 1.83 bits per heavy atom. The summed E-state index contributed by atoms with van der Waals surface area (Å²) < 4.78 is 57.4. The van der Waals surface area contributed by atoms with Crippen molar-refractivity contribution in [3.63, 3.8) is 0 Å². The molecule has 0 radical (unpaired) electrons. The van der Waals surface area contributed by atoms with E-state index < -0.39 is 29.6 Å². The van der Waals surface area contributed by atoms with E-state index in [-0.39, 0.29) is 27.9 Å². The zero-order valence-corrected chi connectivity index (χ0v) is 20.7. The molecule has 1 N–H and O–H groups in total. The van der Waals surface area contributed by atoms with E-state index in [4.69, 9.17) is 16.3 Å². The van der Waals surface area contributed by atoms with Crippen LogP contribution in [0.2, 0.25) is 5.02 Å². The minimum absolute atomic E-state index is 0.0487. The fraction of sp³-hybridized carbons (Fsp3) is 0.250. The molecule has 0 bridgehead atoms. The first kappa shape index (κ1) is 26.6. The fourth-order valence-corrected chi connectivity index (χ4v) is 4.73. The van der Waals surface area contributed by atoms with Crippen LogP contribution in [0.4, 0.5) is 24.5 Å². The Morgan fingerprint density at radius 1 is 1.11 bits per heavy atom. The summed E-state index contributed by atoms with van der Waals surface area (Å²) in [6.45, 7) is 5.12. The molecule has 0 aliphatic rings. The van der Waals surface area contributed by atoms with Crippen LogP contribution in [0.1, 0.15) is 16.7 Å². The van der Waals surface area contributed by atoms with E-state index in [0.717, 1.165) is 29.3 Å². The van der Waals surface area contributed by atoms with Crippen LogP contribution in [0.15, 0.2) is 60.7 Å². The average Bonchev–Trinajstić information content (AvgIpc) is 2.73. The van der Waals surface area contributed by atoms with Crippen molar-refractivity contribution in [3.8, 4) is 11.5 Å². The van der Waals surface area contributed by atoms with E-state index in [1.54, 1.807) is 13.3 Å². The smallest absolute Gasteiger partial charge is 0.416 e. The molecule has 0 spiro atoms. The van der Waals surface area contributed by atoms with Gasteiger partial charge < -0.3 is 14.6 Å². The first-order chi connectivity index (χ1) is 16.2. The molecule has 0 saturated heterocycles. The highest BCUT2D eigenvalue weighted by molar-refractivity contribution is 7.63. The van der Waals surface area contributed by atoms with E-state index in [2.05, 4.69) is 5.32 Å². The Morgan fingerprint density at radius 3 is 2.40 bits per heavy atom. The molecule has 0 saturated carbocycles. The van der Waals surface area contributed by atoms with E-state index in [9.17, 15) is 27.9 Å². The number of anilines is 1. The van der Waals surface area contributed by atoms with Gasteiger partial charge in [-0.25, -0.2) is 0 Å². The van der Waals surface area contributed by atoms with Crippen molar-refractivity contribution in [2.24, 2.45) is 0 Å². The number of nitrogens with one attached hydrogen (secondary N) is 1. The quantitative estimate of drug-likeness (QED) is 0.183. The number of ether oxygens (including phenoxy) is 1. The summed E-state index contributed by atoms with van der Waals surface area (Å²) in [5.74, 6) is -0.559. The molecule has 11 heteroatoms. The summed E-state index contributed by atoms with van der Waals surface area (Å²) in [5.41, 5.74) is 0.813. The molecule has 0 fully saturated rings. The molecule has 0 heterocycles. The summed E-state index contributed by atoms with van der Waals surface area (Å²) in [4.78, 5) is 11.1. The minimum atomic E-state index is -4.56. The van der Waals surface area contributed by atoms with Gasteiger partial charge in [0, 0.05) is 12.1 Å². The Bertz CT molecular complexity index is 1290.